The fraction of sp³-hybridized carbons (Fsp3) is 0.333. The second kappa shape index (κ2) is 12.0. The number of nitrogens with zero attached hydrogens (tertiary/aromatic N) is 2. The highest BCUT2D eigenvalue weighted by Gasteiger charge is 2.36. The summed E-state index contributed by atoms with van der Waals surface area (Å²) in [4.78, 5) is 40.9. The van der Waals surface area contributed by atoms with Crippen molar-refractivity contribution in [2.24, 2.45) is 5.73 Å². The number of primary amides is 1. The molecule has 0 saturated heterocycles. The lowest BCUT2D eigenvalue weighted by molar-refractivity contribution is -0.127. The van der Waals surface area contributed by atoms with Crippen LogP contribution in [-0.2, 0) is 11.3 Å². The van der Waals surface area contributed by atoms with Crippen molar-refractivity contribution >= 4 is 34.9 Å². The summed E-state index contributed by atoms with van der Waals surface area (Å²) in [7, 11) is 1.55. The first-order chi connectivity index (χ1) is 18.3. The molecule has 2 aromatic carbocycles. The van der Waals surface area contributed by atoms with Crippen LogP contribution in [0.2, 0.25) is 0 Å². The van der Waals surface area contributed by atoms with Crippen molar-refractivity contribution in [3.63, 3.8) is 0 Å². The number of amides is 3. The summed E-state index contributed by atoms with van der Waals surface area (Å²) in [6.45, 7) is 0.0200. The molecule has 1 atom stereocenters. The smallest absolute Gasteiger partial charge is 0.270 e. The second-order valence-corrected chi connectivity index (χ2v) is 9.99. The molecule has 1 aromatic heterocycles. The molecule has 1 aliphatic rings. The van der Waals surface area contributed by atoms with Crippen LogP contribution < -0.4 is 21.5 Å². The molecule has 1 fully saturated rings. The highest BCUT2D eigenvalue weighted by Crippen LogP contribution is 2.31. The van der Waals surface area contributed by atoms with Gasteiger partial charge < -0.3 is 26.4 Å². The van der Waals surface area contributed by atoms with Gasteiger partial charge in [-0.2, -0.15) is 4.37 Å². The number of ether oxygens (including phenoxy) is 1. The summed E-state index contributed by atoms with van der Waals surface area (Å²) in [5, 5.41) is 3.10. The summed E-state index contributed by atoms with van der Waals surface area (Å²) in [5.74, 6) is -1.68. The Morgan fingerprint density at radius 3 is 2.34 bits per heavy atom. The van der Waals surface area contributed by atoms with Crippen LogP contribution in [0.1, 0.15) is 69.4 Å². The van der Waals surface area contributed by atoms with E-state index in [1.807, 2.05) is 0 Å². The Kier molecular flexibility index (Phi) is 8.57. The Morgan fingerprint density at radius 2 is 1.76 bits per heavy atom. The van der Waals surface area contributed by atoms with Crippen LogP contribution in [0, 0.1) is 5.82 Å². The Balaban J connectivity index is 1.77. The third kappa shape index (κ3) is 6.10. The van der Waals surface area contributed by atoms with Crippen molar-refractivity contribution in [1.29, 1.82) is 0 Å². The zero-order valence-electron chi connectivity index (χ0n) is 21.0. The van der Waals surface area contributed by atoms with Crippen molar-refractivity contribution in [2.75, 3.05) is 12.8 Å². The van der Waals surface area contributed by atoms with E-state index < -0.39 is 23.7 Å². The predicted octanol–water partition coefficient (Wildman–Crippen LogP) is 3.80. The summed E-state index contributed by atoms with van der Waals surface area (Å²) in [6, 6.07) is 11.4. The molecule has 9 nitrogen and oxygen atoms in total. The van der Waals surface area contributed by atoms with Crippen LogP contribution in [-0.4, -0.2) is 40.1 Å². The van der Waals surface area contributed by atoms with Crippen LogP contribution in [0.4, 0.5) is 10.1 Å². The van der Waals surface area contributed by atoms with Gasteiger partial charge in [-0.1, -0.05) is 43.5 Å². The van der Waals surface area contributed by atoms with Crippen LogP contribution in [0.25, 0.3) is 0 Å². The predicted molar refractivity (Wildman–Crippen MR) is 142 cm³/mol. The summed E-state index contributed by atoms with van der Waals surface area (Å²) in [6.07, 6.45) is 4.82. The third-order valence-corrected chi connectivity index (χ3v) is 7.48. The first-order valence-electron chi connectivity index (χ1n) is 12.3. The van der Waals surface area contributed by atoms with Crippen molar-refractivity contribution in [3.05, 3.63) is 76.0 Å². The maximum Gasteiger partial charge on any atom is 0.270 e. The zero-order valence-corrected chi connectivity index (χ0v) is 21.8. The van der Waals surface area contributed by atoms with Crippen molar-refractivity contribution in [3.8, 4) is 5.75 Å². The number of aromatic nitrogens is 1. The molecule has 1 heterocycles. The fourth-order valence-corrected chi connectivity index (χ4v) is 5.37. The molecule has 200 valence electrons. The maximum atomic E-state index is 14.0. The Labute approximate surface area is 224 Å². The SMILES string of the molecule is COc1ccc(CN(C(=O)c2snc(C(N)=O)c2N)[C@@H](C(=O)NC2CCCCC2)c2ccc(F)cc2)cc1. The number of hydrogen-bond acceptors (Lipinski definition) is 7. The summed E-state index contributed by atoms with van der Waals surface area (Å²) in [5.41, 5.74) is 12.3. The number of carbonyl (C=O) groups excluding carboxylic acids is 3. The molecule has 0 aliphatic heterocycles. The molecule has 38 heavy (non-hydrogen) atoms. The van der Waals surface area contributed by atoms with Crippen LogP contribution in [0.3, 0.4) is 0 Å². The number of nitrogen functional groups attached to an aromatic ring is 1. The minimum atomic E-state index is -1.11. The summed E-state index contributed by atoms with van der Waals surface area (Å²) >= 11 is 0.741. The van der Waals surface area contributed by atoms with Crippen LogP contribution in [0.5, 0.6) is 5.75 Å². The molecule has 4 rings (SSSR count). The quantitative estimate of drug-likeness (QED) is 0.378. The average molecular weight is 540 g/mol. The van der Waals surface area contributed by atoms with E-state index in [-0.39, 0.29) is 34.8 Å². The van der Waals surface area contributed by atoms with Gasteiger partial charge in [-0.05, 0) is 59.8 Å². The van der Waals surface area contributed by atoms with Gasteiger partial charge in [0.2, 0.25) is 5.91 Å². The van der Waals surface area contributed by atoms with Gasteiger partial charge in [0.1, 0.15) is 22.5 Å². The monoisotopic (exact) mass is 539 g/mol. The van der Waals surface area contributed by atoms with Gasteiger partial charge in [0.05, 0.1) is 12.8 Å². The van der Waals surface area contributed by atoms with Gasteiger partial charge in [0.25, 0.3) is 11.8 Å². The first-order valence-corrected chi connectivity index (χ1v) is 13.1. The number of halogens is 1. The van der Waals surface area contributed by atoms with Gasteiger partial charge in [0.15, 0.2) is 5.69 Å². The number of anilines is 1. The molecule has 5 N–H and O–H groups in total. The first kappa shape index (κ1) is 27.1. The van der Waals surface area contributed by atoms with E-state index in [9.17, 15) is 18.8 Å². The van der Waals surface area contributed by atoms with Gasteiger partial charge in [-0.25, -0.2) is 4.39 Å². The number of benzene rings is 2. The Bertz CT molecular complexity index is 1290. The fourth-order valence-electron chi connectivity index (χ4n) is 4.61. The van der Waals surface area contributed by atoms with Crippen molar-refractivity contribution in [2.45, 2.75) is 50.7 Å². The van der Waals surface area contributed by atoms with Gasteiger partial charge >= 0.3 is 0 Å². The van der Waals surface area contributed by atoms with E-state index in [4.69, 9.17) is 16.2 Å². The molecule has 3 amide bonds. The molecule has 11 heteroatoms. The number of rotatable bonds is 9. The minimum Gasteiger partial charge on any atom is -0.497 e. The Morgan fingerprint density at radius 1 is 1.11 bits per heavy atom. The van der Waals surface area contributed by atoms with E-state index in [1.54, 1.807) is 31.4 Å². The minimum absolute atomic E-state index is 0.00936. The van der Waals surface area contributed by atoms with Gasteiger partial charge in [0, 0.05) is 12.6 Å². The normalized spacial score (nSPS) is 14.5. The molecule has 1 aliphatic carbocycles. The van der Waals surface area contributed by atoms with E-state index in [1.165, 1.54) is 29.2 Å². The maximum absolute atomic E-state index is 14.0. The largest absolute Gasteiger partial charge is 0.497 e. The lowest BCUT2D eigenvalue weighted by Crippen LogP contribution is -2.46. The average Bonchev–Trinajstić information content (AvgIpc) is 3.31. The number of hydrogen-bond donors (Lipinski definition) is 3. The number of methoxy groups -OCH3 is 1. The number of nitrogens with one attached hydrogen (secondary N) is 1. The molecular formula is C27H30FN5O4S. The standard InChI is InChI=1S/C27H30FN5O4S/c1-37-20-13-7-16(8-14-20)15-33(27(36)24-21(29)22(25(30)34)32-38-24)23(17-9-11-18(28)12-10-17)26(35)31-19-5-3-2-4-6-19/h7-14,19,23H,2-6,15,29H2,1H3,(H2,30,34)(H,31,35)/t23-/m1/s1. The van der Waals surface area contributed by atoms with Crippen molar-refractivity contribution < 1.29 is 23.5 Å². The van der Waals surface area contributed by atoms with E-state index in [0.29, 0.717) is 11.3 Å². The van der Waals surface area contributed by atoms with E-state index in [0.717, 1.165) is 49.2 Å². The van der Waals surface area contributed by atoms with Crippen LogP contribution in [0.15, 0.2) is 48.5 Å². The Hall–Kier alpha value is -3.99. The lowest BCUT2D eigenvalue weighted by atomic mass is 9.94. The zero-order chi connectivity index (χ0) is 27.2. The van der Waals surface area contributed by atoms with Crippen LogP contribution >= 0.6 is 11.5 Å². The number of carbonyl (C=O) groups is 3. The van der Waals surface area contributed by atoms with Gasteiger partial charge in [-0.3, -0.25) is 14.4 Å². The second-order valence-electron chi connectivity index (χ2n) is 9.22. The lowest BCUT2D eigenvalue weighted by Gasteiger charge is -2.33. The molecular weight excluding hydrogens is 509 g/mol. The highest BCUT2D eigenvalue weighted by molar-refractivity contribution is 7.09. The highest BCUT2D eigenvalue weighted by atomic mass is 32.1. The summed E-state index contributed by atoms with van der Waals surface area (Å²) < 4.78 is 23.0. The molecule has 0 bridgehead atoms. The number of nitrogens with two attached hydrogens (primary N) is 2. The van der Waals surface area contributed by atoms with E-state index >= 15 is 0 Å². The molecule has 3 aromatic rings. The molecule has 0 radical (unpaired) electrons. The molecule has 0 unspecified atom stereocenters. The topological polar surface area (TPSA) is 141 Å². The van der Waals surface area contributed by atoms with Gasteiger partial charge in [-0.15, -0.1) is 0 Å². The van der Waals surface area contributed by atoms with Crippen molar-refractivity contribution in [1.82, 2.24) is 14.6 Å². The van der Waals surface area contributed by atoms with E-state index in [2.05, 4.69) is 9.69 Å². The molecule has 0 spiro atoms. The molecule has 1 saturated carbocycles. The third-order valence-electron chi connectivity index (χ3n) is 6.63.